The van der Waals surface area contributed by atoms with Gasteiger partial charge in [-0.15, -0.1) is 5.48 Å². The molecule has 0 bridgehead atoms. The van der Waals surface area contributed by atoms with Gasteiger partial charge in [0.2, 0.25) is 5.91 Å². The summed E-state index contributed by atoms with van der Waals surface area (Å²) < 4.78 is 5.40. The minimum Gasteiger partial charge on any atom is -0.508 e. The van der Waals surface area contributed by atoms with Crippen LogP contribution in [0.1, 0.15) is 66.6 Å². The molecule has 1 atom stereocenters. The van der Waals surface area contributed by atoms with Crippen LogP contribution in [0.2, 0.25) is 0 Å². The molecule has 0 saturated heterocycles. The lowest BCUT2D eigenvalue weighted by atomic mass is 9.95. The summed E-state index contributed by atoms with van der Waals surface area (Å²) in [4.78, 5) is 29.8. The van der Waals surface area contributed by atoms with Crippen molar-refractivity contribution in [2.45, 2.75) is 58.0 Å². The lowest BCUT2D eigenvalue weighted by Crippen LogP contribution is -2.58. The number of aromatic hydroxyl groups is 2. The molecule has 3 rings (SSSR count). The standard InChI is InChI=1S/C23H31N5O6/c1-11(2)14-7-13(15(29)8-16(14)30)5-6-17-19(20(21(24)31)27-33-17)18-9-23(22(25)32,28-34-18)10-26-12(3)4/h7-9,11-12,26,28-30H,5-6,10H2,1-4H3,(H2,24,31)(H2,25,32). The Morgan fingerprint density at radius 1 is 1.15 bits per heavy atom. The Morgan fingerprint density at radius 2 is 1.85 bits per heavy atom. The molecule has 1 unspecified atom stereocenters. The molecule has 184 valence electrons. The summed E-state index contributed by atoms with van der Waals surface area (Å²) in [5.74, 6) is -1.11. The van der Waals surface area contributed by atoms with E-state index in [-0.39, 0.29) is 59.2 Å². The van der Waals surface area contributed by atoms with Gasteiger partial charge in [-0.1, -0.05) is 32.9 Å². The minimum absolute atomic E-state index is 0.0148. The SMILES string of the molecule is CC(C)NCC1(C(N)=O)C=C(c2c(C(N)=O)noc2CCc2cc(C(C)C)c(O)cc2O)ON1. The van der Waals surface area contributed by atoms with Crippen LogP contribution in [0.4, 0.5) is 0 Å². The molecule has 11 heteroatoms. The van der Waals surface area contributed by atoms with E-state index in [9.17, 15) is 19.8 Å². The number of nitrogens with zero attached hydrogens (tertiary/aromatic N) is 1. The molecule has 11 nitrogen and oxygen atoms in total. The number of aromatic nitrogens is 1. The third kappa shape index (κ3) is 5.00. The molecule has 34 heavy (non-hydrogen) atoms. The van der Waals surface area contributed by atoms with Gasteiger partial charge in [0.1, 0.15) is 17.3 Å². The molecular weight excluding hydrogens is 442 g/mol. The Kier molecular flexibility index (Phi) is 7.18. The van der Waals surface area contributed by atoms with Gasteiger partial charge in [-0.3, -0.25) is 9.59 Å². The number of carbonyl (C=O) groups is 2. The minimum atomic E-state index is -1.36. The van der Waals surface area contributed by atoms with Gasteiger partial charge in [-0.2, -0.15) is 0 Å². The maximum absolute atomic E-state index is 12.2. The lowest BCUT2D eigenvalue weighted by molar-refractivity contribution is -0.124. The van der Waals surface area contributed by atoms with Crippen molar-refractivity contribution in [2.75, 3.05) is 6.54 Å². The van der Waals surface area contributed by atoms with E-state index in [1.54, 1.807) is 6.07 Å². The number of aryl methyl sites for hydroxylation is 2. The molecule has 8 N–H and O–H groups in total. The molecule has 1 aliphatic rings. The third-order valence-electron chi connectivity index (χ3n) is 5.66. The molecule has 1 aromatic carbocycles. The number of hydrogen-bond donors (Lipinski definition) is 6. The van der Waals surface area contributed by atoms with Crippen molar-refractivity contribution < 1.29 is 29.2 Å². The zero-order valence-corrected chi connectivity index (χ0v) is 19.6. The van der Waals surface area contributed by atoms with Crippen LogP contribution in [-0.4, -0.2) is 45.3 Å². The molecule has 0 radical (unpaired) electrons. The number of carbonyl (C=O) groups excluding carboxylic acids is 2. The summed E-state index contributed by atoms with van der Waals surface area (Å²) in [7, 11) is 0. The topological polar surface area (TPSA) is 186 Å². The quantitative estimate of drug-likeness (QED) is 0.295. The van der Waals surface area contributed by atoms with E-state index < -0.39 is 17.4 Å². The maximum Gasteiger partial charge on any atom is 0.271 e. The first-order valence-corrected chi connectivity index (χ1v) is 11.0. The van der Waals surface area contributed by atoms with E-state index in [1.807, 2.05) is 27.7 Å². The first-order chi connectivity index (χ1) is 15.9. The molecule has 0 spiro atoms. The molecule has 0 fully saturated rings. The van der Waals surface area contributed by atoms with E-state index in [4.69, 9.17) is 20.8 Å². The van der Waals surface area contributed by atoms with Crippen LogP contribution in [0, 0.1) is 0 Å². The number of amides is 2. The van der Waals surface area contributed by atoms with Gasteiger partial charge in [-0.25, -0.2) is 0 Å². The summed E-state index contributed by atoms with van der Waals surface area (Å²) in [5, 5.41) is 27.3. The zero-order valence-electron chi connectivity index (χ0n) is 19.6. The van der Waals surface area contributed by atoms with Crippen molar-refractivity contribution in [3.63, 3.8) is 0 Å². The van der Waals surface area contributed by atoms with Crippen molar-refractivity contribution in [3.8, 4) is 11.5 Å². The highest BCUT2D eigenvalue weighted by Crippen LogP contribution is 2.35. The van der Waals surface area contributed by atoms with Gasteiger partial charge in [0.25, 0.3) is 5.91 Å². The number of phenolic OH excluding ortho intramolecular Hbond substituents is 2. The van der Waals surface area contributed by atoms with Gasteiger partial charge in [0.05, 0.1) is 5.56 Å². The molecule has 0 aliphatic carbocycles. The van der Waals surface area contributed by atoms with Crippen molar-refractivity contribution >= 4 is 17.6 Å². The second-order valence-corrected chi connectivity index (χ2v) is 8.97. The van der Waals surface area contributed by atoms with Crippen LogP contribution in [-0.2, 0) is 22.5 Å². The van der Waals surface area contributed by atoms with Crippen LogP contribution < -0.4 is 22.3 Å². The lowest BCUT2D eigenvalue weighted by Gasteiger charge is -2.23. The summed E-state index contributed by atoms with van der Waals surface area (Å²) >= 11 is 0. The predicted octanol–water partition coefficient (Wildman–Crippen LogP) is 1.19. The summed E-state index contributed by atoms with van der Waals surface area (Å²) in [6, 6.07) is 3.11. The zero-order chi connectivity index (χ0) is 25.2. The Hall–Kier alpha value is -3.57. The van der Waals surface area contributed by atoms with Crippen molar-refractivity contribution in [3.05, 3.63) is 46.4 Å². The molecule has 2 heterocycles. The van der Waals surface area contributed by atoms with E-state index >= 15 is 0 Å². The van der Waals surface area contributed by atoms with Gasteiger partial charge >= 0.3 is 0 Å². The normalized spacial score (nSPS) is 17.8. The van der Waals surface area contributed by atoms with Crippen molar-refractivity contribution in [1.29, 1.82) is 0 Å². The highest BCUT2D eigenvalue weighted by atomic mass is 16.7. The van der Waals surface area contributed by atoms with Gasteiger partial charge in [0.15, 0.2) is 17.0 Å². The molecule has 0 saturated carbocycles. The number of rotatable bonds is 10. The van der Waals surface area contributed by atoms with Crippen LogP contribution >= 0.6 is 0 Å². The van der Waals surface area contributed by atoms with E-state index in [2.05, 4.69) is 16.0 Å². The fourth-order valence-corrected chi connectivity index (χ4v) is 3.68. The number of nitrogens with two attached hydrogens (primary N) is 2. The second kappa shape index (κ2) is 9.74. The third-order valence-corrected chi connectivity index (χ3v) is 5.66. The van der Waals surface area contributed by atoms with E-state index in [1.165, 1.54) is 12.1 Å². The fraction of sp³-hybridized carbons (Fsp3) is 0.435. The van der Waals surface area contributed by atoms with E-state index in [0.29, 0.717) is 17.5 Å². The van der Waals surface area contributed by atoms with Crippen LogP contribution in [0.25, 0.3) is 5.76 Å². The second-order valence-electron chi connectivity index (χ2n) is 8.97. The number of primary amides is 2. The number of hydrogen-bond acceptors (Lipinski definition) is 9. The average Bonchev–Trinajstić information content (AvgIpc) is 3.36. The highest BCUT2D eigenvalue weighted by Gasteiger charge is 2.43. The first kappa shape index (κ1) is 25.1. The van der Waals surface area contributed by atoms with Crippen LogP contribution in [0.3, 0.4) is 0 Å². The van der Waals surface area contributed by atoms with Gasteiger partial charge < -0.3 is 36.4 Å². The number of phenols is 2. The van der Waals surface area contributed by atoms with Gasteiger partial charge in [-0.05, 0) is 35.6 Å². The maximum atomic E-state index is 12.2. The Morgan fingerprint density at radius 3 is 2.44 bits per heavy atom. The summed E-state index contributed by atoms with van der Waals surface area (Å²) in [5.41, 5.74) is 13.7. The van der Waals surface area contributed by atoms with Gasteiger partial charge in [0, 0.05) is 25.1 Å². The summed E-state index contributed by atoms with van der Waals surface area (Å²) in [6.45, 7) is 7.85. The Balaban J connectivity index is 1.95. The van der Waals surface area contributed by atoms with Crippen molar-refractivity contribution in [1.82, 2.24) is 16.0 Å². The fourth-order valence-electron chi connectivity index (χ4n) is 3.68. The molecule has 1 aromatic heterocycles. The largest absolute Gasteiger partial charge is 0.508 e. The Labute approximate surface area is 197 Å². The monoisotopic (exact) mass is 473 g/mol. The smallest absolute Gasteiger partial charge is 0.271 e. The number of nitrogens with one attached hydrogen (secondary N) is 2. The molecule has 2 amide bonds. The molecule has 2 aromatic rings. The average molecular weight is 474 g/mol. The molecular formula is C23H31N5O6. The highest BCUT2D eigenvalue weighted by molar-refractivity contribution is 5.97. The van der Waals surface area contributed by atoms with E-state index in [0.717, 1.165) is 0 Å². The Bertz CT molecular complexity index is 1120. The number of benzene rings is 1. The summed E-state index contributed by atoms with van der Waals surface area (Å²) in [6.07, 6.45) is 2.00. The van der Waals surface area contributed by atoms with Crippen LogP contribution in [0.5, 0.6) is 11.5 Å². The van der Waals surface area contributed by atoms with Crippen molar-refractivity contribution in [2.24, 2.45) is 11.5 Å². The molecule has 1 aliphatic heterocycles. The van der Waals surface area contributed by atoms with Crippen LogP contribution in [0.15, 0.2) is 22.7 Å². The first-order valence-electron chi connectivity index (χ1n) is 11.0. The number of hydroxylamine groups is 1. The predicted molar refractivity (Wildman–Crippen MR) is 124 cm³/mol.